The summed E-state index contributed by atoms with van der Waals surface area (Å²) in [5.41, 5.74) is 2.14. The Bertz CT molecular complexity index is 652. The van der Waals surface area contributed by atoms with Crippen LogP contribution in [0.4, 0.5) is 0 Å². The third-order valence-electron chi connectivity index (χ3n) is 3.86. The van der Waals surface area contributed by atoms with Crippen molar-refractivity contribution < 1.29 is 13.9 Å². The monoisotopic (exact) mass is 305 g/mol. The van der Waals surface area contributed by atoms with Crippen molar-refractivity contribution in [2.24, 2.45) is 0 Å². The van der Waals surface area contributed by atoms with Gasteiger partial charge in [0, 0.05) is 22.5 Å². The van der Waals surface area contributed by atoms with Crippen LogP contribution in [0.1, 0.15) is 24.3 Å². The second-order valence-corrected chi connectivity index (χ2v) is 6.20. The van der Waals surface area contributed by atoms with E-state index in [0.29, 0.717) is 0 Å². The summed E-state index contributed by atoms with van der Waals surface area (Å²) >= 11 is 1.76. The smallest absolute Gasteiger partial charge is 0.323 e. The fraction of sp³-hybridized carbons (Fsp3) is 0.438. The number of nitrogens with one attached hydrogen (secondary N) is 1. The maximum atomic E-state index is 11.7. The molecule has 2 atom stereocenters. The van der Waals surface area contributed by atoms with E-state index in [1.54, 1.807) is 11.8 Å². The number of thioether (sulfide) groups is 1. The maximum Gasteiger partial charge on any atom is 0.323 e. The topological polar surface area (TPSA) is 51.5 Å². The Kier molecular flexibility index (Phi) is 4.22. The molecule has 0 saturated carbocycles. The van der Waals surface area contributed by atoms with Gasteiger partial charge >= 0.3 is 5.97 Å². The van der Waals surface area contributed by atoms with Gasteiger partial charge in [0.1, 0.15) is 17.4 Å². The highest BCUT2D eigenvalue weighted by molar-refractivity contribution is 7.99. The van der Waals surface area contributed by atoms with Crippen LogP contribution >= 0.6 is 11.8 Å². The van der Waals surface area contributed by atoms with Crippen LogP contribution in [-0.2, 0) is 16.0 Å². The number of aryl methyl sites for hydroxylation is 1. The number of rotatable bonds is 3. The van der Waals surface area contributed by atoms with E-state index in [1.807, 2.05) is 18.2 Å². The first-order valence-corrected chi connectivity index (χ1v) is 8.32. The maximum absolute atomic E-state index is 11.7. The van der Waals surface area contributed by atoms with Crippen LogP contribution in [-0.4, -0.2) is 30.6 Å². The zero-order valence-electron chi connectivity index (χ0n) is 12.2. The van der Waals surface area contributed by atoms with Crippen LogP contribution in [0, 0.1) is 0 Å². The van der Waals surface area contributed by atoms with Crippen molar-refractivity contribution in [3.05, 3.63) is 35.6 Å². The van der Waals surface area contributed by atoms with Gasteiger partial charge in [-0.05, 0) is 12.5 Å². The second-order valence-electron chi connectivity index (χ2n) is 5.13. The Labute approximate surface area is 128 Å². The van der Waals surface area contributed by atoms with Crippen LogP contribution in [0.5, 0.6) is 0 Å². The van der Waals surface area contributed by atoms with Gasteiger partial charge in [-0.15, -0.1) is 0 Å². The Morgan fingerprint density at radius 1 is 1.43 bits per heavy atom. The van der Waals surface area contributed by atoms with E-state index < -0.39 is 0 Å². The van der Waals surface area contributed by atoms with Gasteiger partial charge in [0.25, 0.3) is 0 Å². The number of benzene rings is 1. The SMILES string of the molecule is CCc1c(C2CSCC(C(=O)OC)N2)oc2ccccc12. The molecule has 0 amide bonds. The van der Waals surface area contributed by atoms with E-state index in [0.717, 1.165) is 29.3 Å². The fourth-order valence-electron chi connectivity index (χ4n) is 2.84. The number of methoxy groups -OCH3 is 1. The summed E-state index contributed by atoms with van der Waals surface area (Å²) in [5.74, 6) is 2.40. The minimum Gasteiger partial charge on any atom is -0.468 e. The van der Waals surface area contributed by atoms with E-state index in [-0.39, 0.29) is 18.1 Å². The first-order chi connectivity index (χ1) is 10.2. The van der Waals surface area contributed by atoms with Gasteiger partial charge in [0.2, 0.25) is 0 Å². The van der Waals surface area contributed by atoms with Crippen molar-refractivity contribution in [1.82, 2.24) is 5.32 Å². The molecular formula is C16H19NO3S. The number of hydrogen-bond acceptors (Lipinski definition) is 5. The molecular weight excluding hydrogens is 286 g/mol. The summed E-state index contributed by atoms with van der Waals surface area (Å²) in [5, 5.41) is 4.54. The molecule has 1 aliphatic heterocycles. The Balaban J connectivity index is 1.94. The average molecular weight is 305 g/mol. The quantitative estimate of drug-likeness (QED) is 0.884. The van der Waals surface area contributed by atoms with Crippen molar-refractivity contribution in [3.8, 4) is 0 Å². The highest BCUT2D eigenvalue weighted by atomic mass is 32.2. The molecule has 0 aliphatic carbocycles. The molecule has 21 heavy (non-hydrogen) atoms. The molecule has 1 N–H and O–H groups in total. The van der Waals surface area contributed by atoms with E-state index in [4.69, 9.17) is 9.15 Å². The third kappa shape index (κ3) is 2.68. The number of furan rings is 1. The number of para-hydroxylation sites is 1. The molecule has 1 saturated heterocycles. The highest BCUT2D eigenvalue weighted by Crippen LogP contribution is 2.34. The van der Waals surface area contributed by atoms with Crippen molar-refractivity contribution in [3.63, 3.8) is 0 Å². The number of esters is 1. The lowest BCUT2D eigenvalue weighted by atomic mass is 10.0. The molecule has 3 rings (SSSR count). The van der Waals surface area contributed by atoms with Crippen LogP contribution in [0.25, 0.3) is 11.0 Å². The molecule has 2 heterocycles. The van der Waals surface area contributed by atoms with E-state index in [2.05, 4.69) is 18.3 Å². The molecule has 2 aromatic rings. The summed E-state index contributed by atoms with van der Waals surface area (Å²) in [6.07, 6.45) is 0.915. The summed E-state index contributed by atoms with van der Waals surface area (Å²) in [4.78, 5) is 11.7. The molecule has 2 unspecified atom stereocenters. The summed E-state index contributed by atoms with van der Waals surface area (Å²) < 4.78 is 10.9. The van der Waals surface area contributed by atoms with Crippen LogP contribution < -0.4 is 5.32 Å². The predicted octanol–water partition coefficient (Wildman–Crippen LogP) is 2.91. The average Bonchev–Trinajstić information content (AvgIpc) is 2.92. The molecule has 1 fully saturated rings. The van der Waals surface area contributed by atoms with Gasteiger partial charge in [-0.25, -0.2) is 0 Å². The zero-order valence-corrected chi connectivity index (χ0v) is 13.0. The molecule has 0 bridgehead atoms. The van der Waals surface area contributed by atoms with Gasteiger partial charge < -0.3 is 9.15 Å². The van der Waals surface area contributed by atoms with Crippen molar-refractivity contribution >= 4 is 28.7 Å². The number of ether oxygens (including phenoxy) is 1. The molecule has 1 aromatic heterocycles. The number of carbonyl (C=O) groups is 1. The molecule has 5 heteroatoms. The number of carbonyl (C=O) groups excluding carboxylic acids is 1. The first-order valence-electron chi connectivity index (χ1n) is 7.16. The van der Waals surface area contributed by atoms with Crippen LogP contribution in [0.2, 0.25) is 0 Å². The Hall–Kier alpha value is -1.46. The minimum atomic E-state index is -0.267. The van der Waals surface area contributed by atoms with Gasteiger partial charge in [0.05, 0.1) is 13.2 Å². The molecule has 4 nitrogen and oxygen atoms in total. The minimum absolute atomic E-state index is 0.0511. The lowest BCUT2D eigenvalue weighted by Crippen LogP contribution is -2.46. The lowest BCUT2D eigenvalue weighted by molar-refractivity contribution is -0.142. The lowest BCUT2D eigenvalue weighted by Gasteiger charge is -2.28. The zero-order chi connectivity index (χ0) is 14.8. The van der Waals surface area contributed by atoms with E-state index >= 15 is 0 Å². The number of hydrogen-bond donors (Lipinski definition) is 1. The van der Waals surface area contributed by atoms with Gasteiger partial charge in [-0.2, -0.15) is 11.8 Å². The van der Waals surface area contributed by atoms with Gasteiger partial charge in [-0.3, -0.25) is 10.1 Å². The van der Waals surface area contributed by atoms with Crippen molar-refractivity contribution in [2.75, 3.05) is 18.6 Å². The number of fused-ring (bicyclic) bond motifs is 1. The van der Waals surface area contributed by atoms with Crippen molar-refractivity contribution in [1.29, 1.82) is 0 Å². The molecule has 0 spiro atoms. The second kappa shape index (κ2) is 6.12. The van der Waals surface area contributed by atoms with Crippen molar-refractivity contribution in [2.45, 2.75) is 25.4 Å². The highest BCUT2D eigenvalue weighted by Gasteiger charge is 2.31. The van der Waals surface area contributed by atoms with Crippen LogP contribution in [0.15, 0.2) is 28.7 Å². The molecule has 1 aromatic carbocycles. The molecule has 112 valence electrons. The van der Waals surface area contributed by atoms with E-state index in [9.17, 15) is 4.79 Å². The standard InChI is InChI=1S/C16H19NO3S/c1-3-10-11-6-4-5-7-14(11)20-15(10)12-8-21-9-13(17-12)16(18)19-2/h4-7,12-13,17H,3,8-9H2,1-2H3. The molecule has 0 radical (unpaired) electrons. The Morgan fingerprint density at radius 3 is 3.00 bits per heavy atom. The summed E-state index contributed by atoms with van der Waals surface area (Å²) in [6, 6.07) is 7.88. The van der Waals surface area contributed by atoms with Gasteiger partial charge in [-0.1, -0.05) is 25.1 Å². The Morgan fingerprint density at radius 2 is 2.24 bits per heavy atom. The predicted molar refractivity (Wildman–Crippen MR) is 84.6 cm³/mol. The summed E-state index contributed by atoms with van der Waals surface area (Å²) in [7, 11) is 1.43. The largest absolute Gasteiger partial charge is 0.468 e. The van der Waals surface area contributed by atoms with Crippen LogP contribution in [0.3, 0.4) is 0 Å². The van der Waals surface area contributed by atoms with E-state index in [1.165, 1.54) is 18.1 Å². The third-order valence-corrected chi connectivity index (χ3v) is 4.99. The van der Waals surface area contributed by atoms with Gasteiger partial charge in [0.15, 0.2) is 0 Å². The molecule has 1 aliphatic rings. The first kappa shape index (κ1) is 14.5. The summed E-state index contributed by atoms with van der Waals surface area (Å²) in [6.45, 7) is 2.13. The normalized spacial score (nSPS) is 22.4. The fourth-order valence-corrected chi connectivity index (χ4v) is 3.92.